The molecule has 0 amide bonds. The van der Waals surface area contributed by atoms with Crippen LogP contribution in [0.25, 0.3) is 49.9 Å². The Morgan fingerprint density at radius 3 is 1.68 bits per heavy atom. The van der Waals surface area contributed by atoms with Gasteiger partial charge in [-0.2, -0.15) is 0 Å². The van der Waals surface area contributed by atoms with Crippen LogP contribution in [0.4, 0.5) is 22.7 Å². The van der Waals surface area contributed by atoms with E-state index in [0.717, 1.165) is 72.0 Å². The van der Waals surface area contributed by atoms with E-state index in [1.807, 2.05) is 54.7 Å². The first-order valence-corrected chi connectivity index (χ1v) is 25.3. The predicted octanol–water partition coefficient (Wildman–Crippen LogP) is 16.5. The maximum atomic E-state index is 9.10. The minimum absolute atomic E-state index is 0.114. The predicted molar refractivity (Wildman–Crippen MR) is 320 cm³/mol. The molecule has 11 aromatic rings. The summed E-state index contributed by atoms with van der Waals surface area (Å²) in [6.07, 6.45) is 1.87. The number of hydrogen-bond donors (Lipinski definition) is 2. The summed E-state index contributed by atoms with van der Waals surface area (Å²) >= 11 is 0. The van der Waals surface area contributed by atoms with Crippen molar-refractivity contribution in [1.82, 2.24) is 9.55 Å². The fraction of sp³-hybridized carbons (Fsp3) is 0.145. The fourth-order valence-electron chi connectivity index (χ4n) is 11.0. The molecule has 0 aliphatic heterocycles. The van der Waals surface area contributed by atoms with Gasteiger partial charge in [-0.25, -0.2) is 4.98 Å². The Kier molecular flexibility index (Phi) is 10.2. The van der Waals surface area contributed by atoms with Crippen LogP contribution < -0.4 is 31.8 Å². The number of fused-ring (bicyclic) bond motifs is 3. The summed E-state index contributed by atoms with van der Waals surface area (Å²) < 4.78 is 97.2. The molecule has 0 radical (unpaired) electrons. The molecule has 0 aliphatic rings. The summed E-state index contributed by atoms with van der Waals surface area (Å²) in [7, 11) is 0. The molecular formula is C69H63BN4O. The summed E-state index contributed by atoms with van der Waals surface area (Å²) in [5.74, 6) is 1.94. The van der Waals surface area contributed by atoms with Crippen molar-refractivity contribution >= 4 is 67.7 Å². The monoisotopic (exact) mass is 985 g/mol. The number of benzene rings is 9. The Morgan fingerprint density at radius 2 is 1.08 bits per heavy atom. The van der Waals surface area contributed by atoms with Crippen molar-refractivity contribution in [3.05, 3.63) is 245 Å². The van der Waals surface area contributed by atoms with Gasteiger partial charge in [-0.15, -0.1) is 0 Å². The standard InChI is InChI=1S/C69H63BN4O/c1-44-35-46(3)66(47(4)36-44)70(67-48(5)37-45(2)38-49(67)6)53-40-54(72-61-28-17-18-29-62(61)73-68-57(50-21-12-10-13-22-50)26-20-27-58(68)51-23-14-11-15-24-51)42-56(41-53)75-55-31-32-60-59-25-16-19-30-63(59)74(64(60)43-55)65-39-52(33-34-71-65)69(7,8)9/h10-43,72-73H,1-9H3/i10D,11D,12D,13D,14D,15D,21D,22D,23D,24D. The van der Waals surface area contributed by atoms with Gasteiger partial charge in [0.05, 0.1) is 41.8 Å². The third-order valence-electron chi connectivity index (χ3n) is 14.1. The van der Waals surface area contributed by atoms with E-state index in [1.165, 1.54) is 10.9 Å². The summed E-state index contributed by atoms with van der Waals surface area (Å²) in [6, 6.07) is 40.8. The van der Waals surface area contributed by atoms with Crippen LogP contribution in [0.1, 0.15) is 73.4 Å². The molecule has 368 valence electrons. The van der Waals surface area contributed by atoms with Crippen molar-refractivity contribution in [3.63, 3.8) is 0 Å². The zero-order valence-corrected chi connectivity index (χ0v) is 43.7. The highest BCUT2D eigenvalue weighted by molar-refractivity contribution is 6.96. The average Bonchev–Trinajstić information content (AvgIpc) is 1.90. The van der Waals surface area contributed by atoms with Crippen LogP contribution >= 0.6 is 0 Å². The number of nitrogens with zero attached hydrogens (tertiary/aromatic N) is 2. The molecule has 75 heavy (non-hydrogen) atoms. The van der Waals surface area contributed by atoms with E-state index in [0.29, 0.717) is 28.6 Å². The second-order valence-electron chi connectivity index (χ2n) is 20.7. The molecular weight excluding hydrogens is 912 g/mol. The lowest BCUT2D eigenvalue weighted by atomic mass is 9.34. The first-order chi connectivity index (χ1) is 40.4. The second-order valence-corrected chi connectivity index (χ2v) is 20.7. The van der Waals surface area contributed by atoms with Crippen LogP contribution in [0.5, 0.6) is 11.5 Å². The highest BCUT2D eigenvalue weighted by Crippen LogP contribution is 2.42. The van der Waals surface area contributed by atoms with Crippen molar-refractivity contribution in [2.24, 2.45) is 0 Å². The molecule has 2 heterocycles. The van der Waals surface area contributed by atoms with Gasteiger partial charge in [-0.3, -0.25) is 4.57 Å². The van der Waals surface area contributed by atoms with E-state index in [1.54, 1.807) is 18.2 Å². The third kappa shape index (κ3) is 9.72. The molecule has 2 N–H and O–H groups in total. The number of pyridine rings is 1. The number of ether oxygens (including phenoxy) is 1. The maximum Gasteiger partial charge on any atom is 0.242 e. The van der Waals surface area contributed by atoms with Crippen molar-refractivity contribution in [1.29, 1.82) is 0 Å². The molecule has 0 saturated carbocycles. The molecule has 0 fully saturated rings. The summed E-state index contributed by atoms with van der Waals surface area (Å²) in [4.78, 5) is 4.93. The van der Waals surface area contributed by atoms with Crippen LogP contribution in [-0.2, 0) is 5.41 Å². The molecule has 2 aromatic heterocycles. The smallest absolute Gasteiger partial charge is 0.242 e. The molecule has 5 nitrogen and oxygen atoms in total. The van der Waals surface area contributed by atoms with E-state index in [2.05, 4.69) is 150 Å². The number of aromatic nitrogens is 2. The van der Waals surface area contributed by atoms with Crippen LogP contribution in [-0.4, -0.2) is 16.3 Å². The second kappa shape index (κ2) is 20.0. The molecule has 0 saturated heterocycles. The zero-order valence-electron chi connectivity index (χ0n) is 53.7. The van der Waals surface area contributed by atoms with Gasteiger partial charge in [0.1, 0.15) is 17.3 Å². The van der Waals surface area contributed by atoms with Crippen LogP contribution in [0, 0.1) is 41.5 Å². The number of anilines is 4. The molecule has 0 bridgehead atoms. The highest BCUT2D eigenvalue weighted by Gasteiger charge is 2.30. The summed E-state index contributed by atoms with van der Waals surface area (Å²) in [5, 5.41) is 9.37. The fourth-order valence-corrected chi connectivity index (χ4v) is 11.0. The SMILES string of the molecule is [2H]c1c([2H])c([2H])c(-c2cccc(-c3c([2H])c([2H])c([2H])c([2H])c3[2H])c2Nc2ccccc2Nc2cc(Oc3ccc4c5ccccc5n(-c5cc(C(C)(C)C)ccn5)c4c3)cc(B(c3c(C)cc(C)cc3C)c3c(C)cc(C)cc3C)c2)c([2H])c1[2H]. The number of nitrogens with one attached hydrogen (secondary N) is 2. The van der Waals surface area contributed by atoms with Gasteiger partial charge in [0.2, 0.25) is 6.71 Å². The van der Waals surface area contributed by atoms with Gasteiger partial charge in [-0.05, 0) is 118 Å². The number of para-hydroxylation sites is 4. The van der Waals surface area contributed by atoms with Crippen molar-refractivity contribution < 1.29 is 18.4 Å². The molecule has 11 rings (SSSR count). The van der Waals surface area contributed by atoms with Crippen LogP contribution in [0.15, 0.2) is 206 Å². The van der Waals surface area contributed by atoms with Gasteiger partial charge < -0.3 is 15.4 Å². The minimum Gasteiger partial charge on any atom is -0.457 e. The lowest BCUT2D eigenvalue weighted by Gasteiger charge is -2.26. The Morgan fingerprint density at radius 1 is 0.520 bits per heavy atom. The summed E-state index contributed by atoms with van der Waals surface area (Å²) in [5.41, 5.74) is 15.0. The third-order valence-corrected chi connectivity index (χ3v) is 14.1. The van der Waals surface area contributed by atoms with Gasteiger partial charge in [0.25, 0.3) is 0 Å². The minimum atomic E-state index is -0.569. The van der Waals surface area contributed by atoms with Gasteiger partial charge in [0, 0.05) is 45.9 Å². The quantitative estimate of drug-likeness (QED) is 0.120. The first kappa shape index (κ1) is 38.0. The molecule has 6 heteroatoms. The largest absolute Gasteiger partial charge is 0.457 e. The Labute approximate surface area is 457 Å². The summed E-state index contributed by atoms with van der Waals surface area (Å²) in [6.45, 7) is 19.2. The highest BCUT2D eigenvalue weighted by atomic mass is 16.5. The normalized spacial score (nSPS) is 13.4. The lowest BCUT2D eigenvalue weighted by molar-refractivity contribution is 0.484. The van der Waals surface area contributed by atoms with Gasteiger partial charge in [0.15, 0.2) is 0 Å². The molecule has 0 spiro atoms. The van der Waals surface area contributed by atoms with Crippen molar-refractivity contribution in [3.8, 4) is 39.6 Å². The van der Waals surface area contributed by atoms with Crippen LogP contribution in [0.3, 0.4) is 0 Å². The van der Waals surface area contributed by atoms with Crippen LogP contribution in [0.2, 0.25) is 0 Å². The lowest BCUT2D eigenvalue weighted by Crippen LogP contribution is -2.55. The molecule has 0 unspecified atom stereocenters. The van der Waals surface area contributed by atoms with Gasteiger partial charge >= 0.3 is 0 Å². The van der Waals surface area contributed by atoms with E-state index >= 15 is 0 Å². The first-order valence-electron chi connectivity index (χ1n) is 30.3. The Hall–Kier alpha value is -8.61. The van der Waals surface area contributed by atoms with Crippen molar-refractivity contribution in [2.45, 2.75) is 67.7 Å². The molecule has 9 aromatic carbocycles. The maximum absolute atomic E-state index is 9.10. The van der Waals surface area contributed by atoms with E-state index in [9.17, 15) is 0 Å². The number of aryl methyl sites for hydroxylation is 6. The Balaban J connectivity index is 1.12. The van der Waals surface area contributed by atoms with Crippen molar-refractivity contribution in [2.75, 3.05) is 10.6 Å². The topological polar surface area (TPSA) is 51.1 Å². The molecule has 0 aliphatic carbocycles. The average molecular weight is 985 g/mol. The zero-order chi connectivity index (χ0) is 60.7. The van der Waals surface area contributed by atoms with E-state index < -0.39 is 60.4 Å². The molecule has 0 atom stereocenters. The van der Waals surface area contributed by atoms with Gasteiger partial charge in [-0.1, -0.05) is 204 Å². The van der Waals surface area contributed by atoms with E-state index in [4.69, 9.17) is 23.4 Å². The number of rotatable bonds is 12. The number of hydrogen-bond acceptors (Lipinski definition) is 4. The van der Waals surface area contributed by atoms with E-state index in [-0.39, 0.29) is 40.1 Å². The Bertz CT molecular complexity index is 4300.